The van der Waals surface area contributed by atoms with Crippen LogP contribution in [0.25, 0.3) is 21.2 Å². The van der Waals surface area contributed by atoms with Gasteiger partial charge in [-0.05, 0) is 70.6 Å². The molecule has 196 valence electrons. The number of nitrogens with zero attached hydrogens (tertiary/aromatic N) is 1. The highest BCUT2D eigenvalue weighted by atomic mass is 32.1. The molecule has 1 saturated carbocycles. The van der Waals surface area contributed by atoms with E-state index in [0.717, 1.165) is 44.5 Å². The number of thiophene rings is 1. The second-order valence-electron chi connectivity index (χ2n) is 9.39. The van der Waals surface area contributed by atoms with E-state index in [-0.39, 0.29) is 25.6 Å². The highest BCUT2D eigenvalue weighted by Crippen LogP contribution is 2.49. The third-order valence-corrected chi connectivity index (χ3v) is 7.94. The Balaban J connectivity index is 1.41. The number of nitriles is 1. The minimum absolute atomic E-state index is 0.00446. The Morgan fingerprint density at radius 1 is 0.949 bits per heavy atom. The van der Waals surface area contributed by atoms with Gasteiger partial charge in [0.1, 0.15) is 6.54 Å². The van der Waals surface area contributed by atoms with Gasteiger partial charge in [-0.2, -0.15) is 5.26 Å². The van der Waals surface area contributed by atoms with E-state index in [1.807, 2.05) is 24.3 Å². The first-order chi connectivity index (χ1) is 18.9. The lowest BCUT2D eigenvalue weighted by atomic mass is 9.93. The molecule has 3 aromatic carbocycles. The number of hydrogen-bond acceptors (Lipinski definition) is 6. The number of benzene rings is 3. The van der Waals surface area contributed by atoms with Gasteiger partial charge in [-0.3, -0.25) is 14.4 Å². The van der Waals surface area contributed by atoms with Crippen LogP contribution in [-0.4, -0.2) is 29.4 Å². The van der Waals surface area contributed by atoms with Crippen molar-refractivity contribution >= 4 is 39.8 Å². The van der Waals surface area contributed by atoms with Gasteiger partial charge in [-0.1, -0.05) is 42.5 Å². The molecule has 0 aliphatic heterocycles. The predicted molar refractivity (Wildman–Crippen MR) is 148 cm³/mol. The molecule has 1 heterocycles. The lowest BCUT2D eigenvalue weighted by Crippen LogP contribution is -2.40. The highest BCUT2D eigenvalue weighted by molar-refractivity contribution is 7.15. The van der Waals surface area contributed by atoms with Gasteiger partial charge in [0.05, 0.1) is 18.2 Å². The summed E-state index contributed by atoms with van der Waals surface area (Å²) in [7, 11) is 0. The largest absolute Gasteiger partial charge is 0.391 e. The van der Waals surface area contributed by atoms with Crippen molar-refractivity contribution in [3.63, 3.8) is 0 Å². The van der Waals surface area contributed by atoms with E-state index in [1.165, 1.54) is 0 Å². The zero-order valence-corrected chi connectivity index (χ0v) is 21.8. The van der Waals surface area contributed by atoms with Gasteiger partial charge >= 0.3 is 11.8 Å². The van der Waals surface area contributed by atoms with Crippen LogP contribution in [0.5, 0.6) is 0 Å². The van der Waals surface area contributed by atoms with Gasteiger partial charge in [0.2, 0.25) is 0 Å². The molecule has 1 aromatic heterocycles. The third-order valence-electron chi connectivity index (χ3n) is 6.82. The molecule has 1 aliphatic rings. The zero-order valence-electron chi connectivity index (χ0n) is 21.0. The SMILES string of the molecule is N#CCNC(=O)C(=O)NCc1ccccc1C(=O)NC1(c2cc(-c3ccc(CO)s3)cc3ccccc23)CC1. The van der Waals surface area contributed by atoms with Crippen LogP contribution in [-0.2, 0) is 28.3 Å². The molecular weight excluding hydrogens is 512 g/mol. The first-order valence-electron chi connectivity index (χ1n) is 12.5. The summed E-state index contributed by atoms with van der Waals surface area (Å²) in [5.41, 5.74) is 2.53. The fourth-order valence-electron chi connectivity index (χ4n) is 4.69. The minimum atomic E-state index is -0.904. The Morgan fingerprint density at radius 3 is 2.44 bits per heavy atom. The quantitative estimate of drug-likeness (QED) is 0.201. The van der Waals surface area contributed by atoms with E-state index < -0.39 is 17.4 Å². The molecule has 3 amide bonds. The maximum atomic E-state index is 13.6. The molecule has 8 nitrogen and oxygen atoms in total. The summed E-state index contributed by atoms with van der Waals surface area (Å²) in [4.78, 5) is 39.4. The molecule has 0 unspecified atom stereocenters. The summed E-state index contributed by atoms with van der Waals surface area (Å²) >= 11 is 1.54. The molecule has 0 radical (unpaired) electrons. The topological polar surface area (TPSA) is 131 Å². The lowest BCUT2D eigenvalue weighted by Gasteiger charge is -2.22. The van der Waals surface area contributed by atoms with Crippen molar-refractivity contribution in [3.8, 4) is 16.5 Å². The van der Waals surface area contributed by atoms with Gasteiger partial charge in [0.15, 0.2) is 0 Å². The van der Waals surface area contributed by atoms with Crippen molar-refractivity contribution in [2.75, 3.05) is 6.54 Å². The Morgan fingerprint density at radius 2 is 1.69 bits per heavy atom. The van der Waals surface area contributed by atoms with Crippen molar-refractivity contribution < 1.29 is 19.5 Å². The number of nitrogens with one attached hydrogen (secondary N) is 3. The third kappa shape index (κ3) is 5.53. The summed E-state index contributed by atoms with van der Waals surface area (Å²) < 4.78 is 0. The Hall–Kier alpha value is -4.52. The summed E-state index contributed by atoms with van der Waals surface area (Å²) in [6.07, 6.45) is 1.58. The molecule has 1 fully saturated rings. The molecule has 5 rings (SSSR count). The molecule has 9 heteroatoms. The van der Waals surface area contributed by atoms with Crippen LogP contribution < -0.4 is 16.0 Å². The number of amides is 3. The van der Waals surface area contributed by atoms with E-state index in [4.69, 9.17) is 5.26 Å². The minimum Gasteiger partial charge on any atom is -0.391 e. The van der Waals surface area contributed by atoms with Crippen LogP contribution in [0.15, 0.2) is 72.8 Å². The maximum absolute atomic E-state index is 13.6. The molecule has 0 atom stereocenters. The van der Waals surface area contributed by atoms with Gasteiger partial charge < -0.3 is 21.1 Å². The smallest absolute Gasteiger partial charge is 0.310 e. The van der Waals surface area contributed by atoms with Gasteiger partial charge in [0, 0.05) is 21.9 Å². The van der Waals surface area contributed by atoms with E-state index >= 15 is 0 Å². The van der Waals surface area contributed by atoms with E-state index in [2.05, 4.69) is 40.2 Å². The van der Waals surface area contributed by atoms with Crippen LogP contribution in [0.1, 0.15) is 39.2 Å². The zero-order chi connectivity index (χ0) is 27.4. The molecule has 0 bridgehead atoms. The van der Waals surface area contributed by atoms with Crippen molar-refractivity contribution in [2.45, 2.75) is 31.5 Å². The maximum Gasteiger partial charge on any atom is 0.310 e. The second-order valence-corrected chi connectivity index (χ2v) is 10.6. The summed E-state index contributed by atoms with van der Waals surface area (Å²) in [5, 5.41) is 28.2. The van der Waals surface area contributed by atoms with Crippen molar-refractivity contribution in [3.05, 3.63) is 94.4 Å². The highest BCUT2D eigenvalue weighted by Gasteiger charge is 2.47. The number of aliphatic hydroxyl groups is 1. The molecule has 1 aliphatic carbocycles. The Bertz CT molecular complexity index is 1620. The second kappa shape index (κ2) is 11.1. The van der Waals surface area contributed by atoms with E-state index in [9.17, 15) is 19.5 Å². The summed E-state index contributed by atoms with van der Waals surface area (Å²) in [6, 6.07) is 25.0. The number of rotatable bonds is 8. The van der Waals surface area contributed by atoms with Gasteiger partial charge in [-0.15, -0.1) is 11.3 Å². The Labute approximate surface area is 229 Å². The standard InChI is InChI=1S/C30H26N4O4S/c31-13-14-32-28(37)29(38)33-17-20-6-2-4-8-24(20)27(36)34-30(11-12-30)25-16-21(26-10-9-22(18-35)39-26)15-19-5-1-3-7-23(19)25/h1-10,15-16,35H,11-12,14,17-18H2,(H,32,37)(H,33,38)(H,34,36). The predicted octanol–water partition coefficient (Wildman–Crippen LogP) is 3.74. The number of carbonyl (C=O) groups excluding carboxylic acids is 3. The van der Waals surface area contributed by atoms with Crippen LogP contribution in [0, 0.1) is 11.3 Å². The molecule has 39 heavy (non-hydrogen) atoms. The van der Waals surface area contributed by atoms with E-state index in [1.54, 1.807) is 41.7 Å². The summed E-state index contributed by atoms with van der Waals surface area (Å²) in [5.74, 6) is -2.04. The van der Waals surface area contributed by atoms with Crippen molar-refractivity contribution in [1.82, 2.24) is 16.0 Å². The van der Waals surface area contributed by atoms with E-state index in [0.29, 0.717) is 11.1 Å². The fourth-order valence-corrected chi connectivity index (χ4v) is 5.54. The van der Waals surface area contributed by atoms with Gasteiger partial charge in [0.25, 0.3) is 5.91 Å². The van der Waals surface area contributed by atoms with Gasteiger partial charge in [-0.25, -0.2) is 0 Å². The fraction of sp³-hybridized carbons (Fsp3) is 0.200. The number of aliphatic hydroxyl groups excluding tert-OH is 1. The molecular formula is C30H26N4O4S. The van der Waals surface area contributed by atoms with Crippen molar-refractivity contribution in [2.24, 2.45) is 0 Å². The van der Waals surface area contributed by atoms with Crippen LogP contribution in [0.4, 0.5) is 0 Å². The van der Waals surface area contributed by atoms with Crippen LogP contribution in [0.2, 0.25) is 0 Å². The normalized spacial score (nSPS) is 13.3. The molecule has 0 saturated heterocycles. The molecule has 4 N–H and O–H groups in total. The molecule has 4 aromatic rings. The lowest BCUT2D eigenvalue weighted by molar-refractivity contribution is -0.139. The average molecular weight is 539 g/mol. The van der Waals surface area contributed by atoms with Crippen molar-refractivity contribution in [1.29, 1.82) is 5.26 Å². The first-order valence-corrected chi connectivity index (χ1v) is 13.3. The van der Waals surface area contributed by atoms with Crippen LogP contribution >= 0.6 is 11.3 Å². The number of fused-ring (bicyclic) bond motifs is 1. The monoisotopic (exact) mass is 538 g/mol. The first kappa shape index (κ1) is 26.1. The van der Waals surface area contributed by atoms with Crippen LogP contribution in [0.3, 0.4) is 0 Å². The number of carbonyl (C=O) groups is 3. The Kier molecular flexibility index (Phi) is 7.41. The average Bonchev–Trinajstić information content (AvgIpc) is 3.58. The molecule has 0 spiro atoms. The summed E-state index contributed by atoms with van der Waals surface area (Å²) in [6.45, 7) is -0.285. The number of hydrogen-bond donors (Lipinski definition) is 4.